The van der Waals surface area contributed by atoms with E-state index in [4.69, 9.17) is 21.7 Å². The van der Waals surface area contributed by atoms with Gasteiger partial charge in [0.1, 0.15) is 6.10 Å². The van der Waals surface area contributed by atoms with Crippen molar-refractivity contribution in [1.29, 1.82) is 0 Å². The van der Waals surface area contributed by atoms with Crippen LogP contribution in [0.25, 0.3) is 0 Å². The number of nitrogens with one attached hydrogen (secondary N) is 1. The third-order valence-corrected chi connectivity index (χ3v) is 2.64. The third-order valence-electron chi connectivity index (χ3n) is 2.35. The summed E-state index contributed by atoms with van der Waals surface area (Å²) in [4.78, 5) is 0. The maximum absolute atomic E-state index is 5.59. The molecule has 1 N–H and O–H groups in total. The van der Waals surface area contributed by atoms with Gasteiger partial charge in [0, 0.05) is 6.04 Å². The van der Waals surface area contributed by atoms with E-state index in [1.807, 2.05) is 4.57 Å². The Balaban J connectivity index is 2.30. The number of hydrogen-bond acceptors (Lipinski definition) is 4. The molecule has 15 heavy (non-hydrogen) atoms. The summed E-state index contributed by atoms with van der Waals surface area (Å²) in [6.07, 6.45) is -0.103. The molecule has 6 heteroatoms. The molecule has 84 valence electrons. The van der Waals surface area contributed by atoms with Gasteiger partial charge in [-0.2, -0.15) is 5.10 Å². The second-order valence-corrected chi connectivity index (χ2v) is 4.17. The van der Waals surface area contributed by atoms with E-state index >= 15 is 0 Å². The maximum Gasteiger partial charge on any atom is 0.195 e. The van der Waals surface area contributed by atoms with Gasteiger partial charge in [-0.05, 0) is 26.1 Å². The van der Waals surface area contributed by atoms with Gasteiger partial charge >= 0.3 is 0 Å². The first-order valence-electron chi connectivity index (χ1n) is 5.06. The zero-order valence-electron chi connectivity index (χ0n) is 8.90. The van der Waals surface area contributed by atoms with Crippen LogP contribution in [0.3, 0.4) is 0 Å². The zero-order valence-corrected chi connectivity index (χ0v) is 9.71. The highest BCUT2D eigenvalue weighted by Gasteiger charge is 2.23. The fourth-order valence-electron chi connectivity index (χ4n) is 1.68. The van der Waals surface area contributed by atoms with E-state index < -0.39 is 0 Å². The van der Waals surface area contributed by atoms with Gasteiger partial charge in [-0.25, -0.2) is 0 Å². The summed E-state index contributed by atoms with van der Waals surface area (Å²) in [5.74, 6) is 0.828. The lowest BCUT2D eigenvalue weighted by molar-refractivity contribution is -0.0950. The molecule has 0 amide bonds. The minimum atomic E-state index is -0.103. The molecule has 1 fully saturated rings. The number of aromatic nitrogens is 3. The SMILES string of the molecule is CC(C)n1c(C2COCCO2)n[nH]c1=S. The molecule has 1 aromatic rings. The molecule has 2 rings (SSSR count). The van der Waals surface area contributed by atoms with E-state index in [-0.39, 0.29) is 12.1 Å². The Morgan fingerprint density at radius 3 is 2.93 bits per heavy atom. The van der Waals surface area contributed by atoms with Gasteiger partial charge in [0.2, 0.25) is 0 Å². The maximum atomic E-state index is 5.59. The minimum absolute atomic E-state index is 0.103. The van der Waals surface area contributed by atoms with Crippen LogP contribution in [0.1, 0.15) is 31.8 Å². The molecule has 1 unspecified atom stereocenters. The summed E-state index contributed by atoms with van der Waals surface area (Å²) in [6, 6.07) is 0.275. The second-order valence-electron chi connectivity index (χ2n) is 3.79. The summed E-state index contributed by atoms with van der Waals surface area (Å²) in [5, 5.41) is 7.00. The first-order chi connectivity index (χ1) is 7.20. The van der Waals surface area contributed by atoms with Crippen molar-refractivity contribution in [2.75, 3.05) is 19.8 Å². The lowest BCUT2D eigenvalue weighted by Crippen LogP contribution is -2.25. The number of ether oxygens (including phenoxy) is 2. The molecule has 0 bridgehead atoms. The normalized spacial score (nSPS) is 22.2. The lowest BCUT2D eigenvalue weighted by Gasteiger charge is -2.23. The lowest BCUT2D eigenvalue weighted by atomic mass is 10.3. The van der Waals surface area contributed by atoms with Crippen LogP contribution in [0.2, 0.25) is 0 Å². The van der Waals surface area contributed by atoms with Crippen molar-refractivity contribution < 1.29 is 9.47 Å². The van der Waals surface area contributed by atoms with Gasteiger partial charge in [0.15, 0.2) is 10.6 Å². The molecule has 0 radical (unpaired) electrons. The molecule has 0 saturated carbocycles. The van der Waals surface area contributed by atoms with Gasteiger partial charge in [-0.1, -0.05) is 0 Å². The second kappa shape index (κ2) is 4.42. The van der Waals surface area contributed by atoms with Crippen molar-refractivity contribution in [3.8, 4) is 0 Å². The topological polar surface area (TPSA) is 52.1 Å². The molecule has 0 aliphatic carbocycles. The van der Waals surface area contributed by atoms with Crippen molar-refractivity contribution in [2.24, 2.45) is 0 Å². The molecule has 1 aliphatic heterocycles. The van der Waals surface area contributed by atoms with Gasteiger partial charge in [-0.15, -0.1) is 0 Å². The van der Waals surface area contributed by atoms with Gasteiger partial charge in [-0.3, -0.25) is 9.67 Å². The van der Waals surface area contributed by atoms with Crippen LogP contribution in [-0.4, -0.2) is 34.6 Å². The Hall–Kier alpha value is -0.720. The van der Waals surface area contributed by atoms with E-state index in [2.05, 4.69) is 24.0 Å². The highest BCUT2D eigenvalue weighted by Crippen LogP contribution is 2.21. The van der Waals surface area contributed by atoms with Gasteiger partial charge in [0.25, 0.3) is 0 Å². The van der Waals surface area contributed by atoms with E-state index in [1.54, 1.807) is 0 Å². The Morgan fingerprint density at radius 1 is 1.53 bits per heavy atom. The Morgan fingerprint density at radius 2 is 2.33 bits per heavy atom. The predicted octanol–water partition coefficient (Wildman–Crippen LogP) is 1.61. The van der Waals surface area contributed by atoms with E-state index in [9.17, 15) is 0 Å². The molecule has 1 saturated heterocycles. The van der Waals surface area contributed by atoms with Crippen LogP contribution in [-0.2, 0) is 9.47 Å². The Bertz CT molecular complexity index is 379. The molecule has 0 aromatic carbocycles. The standard InChI is InChI=1S/C9H15N3O2S/c1-6(2)12-8(10-11-9(12)15)7-5-13-3-4-14-7/h6-7H,3-5H2,1-2H3,(H,11,15). The number of rotatable bonds is 2. The quantitative estimate of drug-likeness (QED) is 0.783. The number of nitrogens with zero attached hydrogens (tertiary/aromatic N) is 2. The highest BCUT2D eigenvalue weighted by atomic mass is 32.1. The molecular weight excluding hydrogens is 214 g/mol. The van der Waals surface area contributed by atoms with Crippen molar-refractivity contribution in [3.05, 3.63) is 10.6 Å². The first kappa shape index (κ1) is 10.8. The van der Waals surface area contributed by atoms with Crippen LogP contribution < -0.4 is 0 Å². The molecule has 1 aliphatic rings. The van der Waals surface area contributed by atoms with Crippen LogP contribution in [0, 0.1) is 4.77 Å². The fraction of sp³-hybridized carbons (Fsp3) is 0.778. The van der Waals surface area contributed by atoms with E-state index in [0.717, 1.165) is 5.82 Å². The molecular formula is C9H15N3O2S. The smallest absolute Gasteiger partial charge is 0.195 e. The summed E-state index contributed by atoms with van der Waals surface area (Å²) in [7, 11) is 0. The molecule has 5 nitrogen and oxygen atoms in total. The fourth-order valence-corrected chi connectivity index (χ4v) is 2.03. The Kier molecular flexibility index (Phi) is 3.18. The molecule has 1 atom stereocenters. The summed E-state index contributed by atoms with van der Waals surface area (Å²) in [6.45, 7) is 5.95. The van der Waals surface area contributed by atoms with Crippen molar-refractivity contribution in [1.82, 2.24) is 14.8 Å². The number of hydrogen-bond donors (Lipinski definition) is 1. The summed E-state index contributed by atoms with van der Waals surface area (Å²) in [5.41, 5.74) is 0. The summed E-state index contributed by atoms with van der Waals surface area (Å²) >= 11 is 5.17. The first-order valence-corrected chi connectivity index (χ1v) is 5.47. The van der Waals surface area contributed by atoms with Gasteiger partial charge in [0.05, 0.1) is 19.8 Å². The number of aromatic amines is 1. The summed E-state index contributed by atoms with van der Waals surface area (Å²) < 4.78 is 13.5. The zero-order chi connectivity index (χ0) is 10.8. The van der Waals surface area contributed by atoms with Crippen LogP contribution in [0.5, 0.6) is 0 Å². The van der Waals surface area contributed by atoms with Crippen molar-refractivity contribution in [3.63, 3.8) is 0 Å². The minimum Gasteiger partial charge on any atom is -0.376 e. The average Bonchev–Trinajstić information content (AvgIpc) is 2.61. The molecule has 2 heterocycles. The number of H-pyrrole nitrogens is 1. The van der Waals surface area contributed by atoms with Crippen LogP contribution >= 0.6 is 12.2 Å². The largest absolute Gasteiger partial charge is 0.376 e. The monoisotopic (exact) mass is 229 g/mol. The van der Waals surface area contributed by atoms with Crippen molar-refractivity contribution >= 4 is 12.2 Å². The van der Waals surface area contributed by atoms with Gasteiger partial charge < -0.3 is 9.47 Å². The van der Waals surface area contributed by atoms with E-state index in [0.29, 0.717) is 24.6 Å². The third kappa shape index (κ3) is 2.11. The van der Waals surface area contributed by atoms with Crippen molar-refractivity contribution in [2.45, 2.75) is 26.0 Å². The molecule has 1 aromatic heterocycles. The molecule has 0 spiro atoms. The predicted molar refractivity (Wildman–Crippen MR) is 57.3 cm³/mol. The van der Waals surface area contributed by atoms with E-state index in [1.165, 1.54) is 0 Å². The van der Waals surface area contributed by atoms with Crippen LogP contribution in [0.15, 0.2) is 0 Å². The average molecular weight is 229 g/mol. The van der Waals surface area contributed by atoms with Crippen LogP contribution in [0.4, 0.5) is 0 Å². The Labute approximate surface area is 93.4 Å². The highest BCUT2D eigenvalue weighted by molar-refractivity contribution is 7.71.